The maximum Gasteiger partial charge on any atom is 0.248 e. The molecule has 1 N–H and O–H groups in total. The minimum absolute atomic E-state index is 0.220. The van der Waals surface area contributed by atoms with Gasteiger partial charge < -0.3 is 14.5 Å². The lowest BCUT2D eigenvalue weighted by atomic mass is 10.2. The van der Waals surface area contributed by atoms with Gasteiger partial charge in [-0.05, 0) is 59.7 Å². The van der Waals surface area contributed by atoms with Crippen LogP contribution in [0.5, 0.6) is 5.75 Å². The average molecular weight is 385 g/mol. The number of oxazole rings is 1. The molecule has 2 heterocycles. The number of nitrogens with one attached hydrogen (secondary N) is 1. The van der Waals surface area contributed by atoms with Crippen LogP contribution < -0.4 is 10.1 Å². The first-order valence-electron chi connectivity index (χ1n) is 9.14. The molecule has 0 unspecified atom stereocenters. The zero-order valence-electron chi connectivity index (χ0n) is 15.8. The quantitative estimate of drug-likeness (QED) is 0.484. The maximum atomic E-state index is 12.2. The average Bonchev–Trinajstić information content (AvgIpc) is 3.11. The van der Waals surface area contributed by atoms with Crippen LogP contribution in [0, 0.1) is 6.92 Å². The second-order valence-corrected chi connectivity index (χ2v) is 6.45. The molecule has 6 nitrogen and oxygen atoms in total. The van der Waals surface area contributed by atoms with Gasteiger partial charge in [0.2, 0.25) is 5.91 Å². The van der Waals surface area contributed by atoms with E-state index in [4.69, 9.17) is 9.15 Å². The van der Waals surface area contributed by atoms with Crippen molar-refractivity contribution < 1.29 is 13.9 Å². The first kappa shape index (κ1) is 18.4. The molecule has 0 fully saturated rings. The third-order valence-corrected chi connectivity index (χ3v) is 4.22. The molecule has 0 aliphatic heterocycles. The molecular weight excluding hydrogens is 366 g/mol. The van der Waals surface area contributed by atoms with Gasteiger partial charge in [0.25, 0.3) is 0 Å². The number of hydrogen-bond acceptors (Lipinski definition) is 5. The van der Waals surface area contributed by atoms with Crippen LogP contribution in [0.2, 0.25) is 0 Å². The molecule has 6 heteroatoms. The molecule has 0 saturated carbocycles. The molecule has 0 aliphatic carbocycles. The van der Waals surface area contributed by atoms with Crippen molar-refractivity contribution in [2.45, 2.75) is 13.5 Å². The minimum Gasteiger partial charge on any atom is -0.489 e. The van der Waals surface area contributed by atoms with Crippen molar-refractivity contribution in [3.8, 4) is 5.75 Å². The molecule has 0 saturated heterocycles. The molecule has 4 aromatic rings. The first-order chi connectivity index (χ1) is 14.2. The highest BCUT2D eigenvalue weighted by atomic mass is 16.5. The largest absolute Gasteiger partial charge is 0.489 e. The smallest absolute Gasteiger partial charge is 0.248 e. The Morgan fingerprint density at radius 1 is 1.10 bits per heavy atom. The summed E-state index contributed by atoms with van der Waals surface area (Å²) in [5, 5.41) is 2.83. The maximum absolute atomic E-state index is 12.2. The summed E-state index contributed by atoms with van der Waals surface area (Å²) < 4.78 is 11.2. The van der Waals surface area contributed by atoms with Gasteiger partial charge in [0.05, 0.1) is 0 Å². The molecule has 29 heavy (non-hydrogen) atoms. The van der Waals surface area contributed by atoms with Gasteiger partial charge in [-0.3, -0.25) is 9.78 Å². The van der Waals surface area contributed by atoms with Gasteiger partial charge in [0.15, 0.2) is 11.5 Å². The number of anilines is 1. The highest BCUT2D eigenvalue weighted by molar-refractivity contribution is 6.02. The van der Waals surface area contributed by atoms with E-state index in [0.717, 1.165) is 16.9 Å². The Morgan fingerprint density at radius 3 is 2.69 bits per heavy atom. The van der Waals surface area contributed by atoms with Gasteiger partial charge in [-0.25, -0.2) is 4.98 Å². The Morgan fingerprint density at radius 2 is 1.90 bits per heavy atom. The second kappa shape index (κ2) is 8.39. The SMILES string of the molecule is Cc1nc2cc(NC(=O)/C=C/c3ccc(OCc4ccncc4)cc3)ccc2o1. The Bertz CT molecular complexity index is 1150. The standard InChI is InChI=1S/C23H19N3O3/c1-16-25-21-14-19(5-8-22(21)29-16)26-23(27)9-4-17-2-6-20(7-3-17)28-15-18-10-12-24-13-11-18/h2-14H,15H2,1H3,(H,26,27)/b9-4+. The lowest BCUT2D eigenvalue weighted by Crippen LogP contribution is -2.07. The number of aromatic nitrogens is 2. The summed E-state index contributed by atoms with van der Waals surface area (Å²) in [5.74, 6) is 1.14. The van der Waals surface area contributed by atoms with Crippen LogP contribution in [0.3, 0.4) is 0 Å². The van der Waals surface area contributed by atoms with Gasteiger partial charge in [-0.15, -0.1) is 0 Å². The van der Waals surface area contributed by atoms with E-state index in [-0.39, 0.29) is 5.91 Å². The van der Waals surface area contributed by atoms with Crippen molar-refractivity contribution in [2.75, 3.05) is 5.32 Å². The molecule has 0 bridgehead atoms. The molecule has 2 aromatic heterocycles. The van der Waals surface area contributed by atoms with E-state index in [9.17, 15) is 4.79 Å². The van der Waals surface area contributed by atoms with Crippen LogP contribution in [-0.4, -0.2) is 15.9 Å². The highest BCUT2D eigenvalue weighted by Gasteiger charge is 2.04. The topological polar surface area (TPSA) is 77.2 Å². The second-order valence-electron chi connectivity index (χ2n) is 6.45. The molecule has 1 amide bonds. The number of pyridine rings is 1. The lowest BCUT2D eigenvalue weighted by Gasteiger charge is -2.06. The fourth-order valence-electron chi connectivity index (χ4n) is 2.80. The number of ether oxygens (including phenoxy) is 1. The van der Waals surface area contributed by atoms with Gasteiger partial charge in [0.1, 0.15) is 17.9 Å². The van der Waals surface area contributed by atoms with E-state index in [1.54, 1.807) is 43.6 Å². The van der Waals surface area contributed by atoms with E-state index >= 15 is 0 Å². The monoisotopic (exact) mass is 385 g/mol. The number of rotatable bonds is 6. The zero-order chi connectivity index (χ0) is 20.1. The van der Waals surface area contributed by atoms with Gasteiger partial charge in [-0.2, -0.15) is 0 Å². The van der Waals surface area contributed by atoms with Crippen LogP contribution in [0.15, 0.2) is 77.5 Å². The van der Waals surface area contributed by atoms with E-state index in [1.165, 1.54) is 6.08 Å². The third-order valence-electron chi connectivity index (χ3n) is 4.22. The third kappa shape index (κ3) is 4.87. The summed E-state index contributed by atoms with van der Waals surface area (Å²) >= 11 is 0. The minimum atomic E-state index is -0.220. The van der Waals surface area contributed by atoms with Crippen LogP contribution in [0.25, 0.3) is 17.2 Å². The highest BCUT2D eigenvalue weighted by Crippen LogP contribution is 2.20. The number of carbonyl (C=O) groups is 1. The number of benzene rings is 2. The summed E-state index contributed by atoms with van der Waals surface area (Å²) in [6.45, 7) is 2.27. The van der Waals surface area contributed by atoms with E-state index < -0.39 is 0 Å². The molecule has 2 aromatic carbocycles. The first-order valence-corrected chi connectivity index (χ1v) is 9.14. The van der Waals surface area contributed by atoms with E-state index in [2.05, 4.69) is 15.3 Å². The number of amides is 1. The van der Waals surface area contributed by atoms with Gasteiger partial charge in [0, 0.05) is 31.1 Å². The van der Waals surface area contributed by atoms with Crippen LogP contribution >= 0.6 is 0 Å². The Labute approximate surface area is 167 Å². The molecule has 0 aliphatic rings. The van der Waals surface area contributed by atoms with E-state index in [0.29, 0.717) is 29.3 Å². The fourth-order valence-corrected chi connectivity index (χ4v) is 2.80. The molecule has 144 valence electrons. The number of carbonyl (C=O) groups excluding carboxylic acids is 1. The molecule has 0 atom stereocenters. The molecular formula is C23H19N3O3. The van der Waals surface area contributed by atoms with Crippen LogP contribution in [0.4, 0.5) is 5.69 Å². The predicted molar refractivity (Wildman–Crippen MR) is 111 cm³/mol. The predicted octanol–water partition coefficient (Wildman–Crippen LogP) is 4.76. The van der Waals surface area contributed by atoms with Crippen molar-refractivity contribution >= 4 is 28.8 Å². The van der Waals surface area contributed by atoms with Crippen molar-refractivity contribution in [3.63, 3.8) is 0 Å². The number of aryl methyl sites for hydroxylation is 1. The normalized spacial score (nSPS) is 11.1. The lowest BCUT2D eigenvalue weighted by molar-refractivity contribution is -0.111. The van der Waals surface area contributed by atoms with Crippen molar-refractivity contribution in [2.24, 2.45) is 0 Å². The van der Waals surface area contributed by atoms with Crippen molar-refractivity contribution in [3.05, 3.63) is 90.1 Å². The summed E-state index contributed by atoms with van der Waals surface area (Å²) in [4.78, 5) is 20.4. The summed E-state index contributed by atoms with van der Waals surface area (Å²) in [6.07, 6.45) is 6.72. The van der Waals surface area contributed by atoms with Crippen LogP contribution in [-0.2, 0) is 11.4 Å². The number of hydrogen-bond donors (Lipinski definition) is 1. The Hall–Kier alpha value is -3.93. The number of nitrogens with zero attached hydrogens (tertiary/aromatic N) is 2. The zero-order valence-corrected chi connectivity index (χ0v) is 15.8. The Kier molecular flexibility index (Phi) is 5.33. The van der Waals surface area contributed by atoms with Gasteiger partial charge >= 0.3 is 0 Å². The van der Waals surface area contributed by atoms with Crippen molar-refractivity contribution in [1.82, 2.24) is 9.97 Å². The van der Waals surface area contributed by atoms with Gasteiger partial charge in [-0.1, -0.05) is 12.1 Å². The van der Waals surface area contributed by atoms with Crippen molar-refractivity contribution in [1.29, 1.82) is 0 Å². The molecule has 0 spiro atoms. The summed E-state index contributed by atoms with van der Waals surface area (Å²) in [5.41, 5.74) is 4.04. The van der Waals surface area contributed by atoms with E-state index in [1.807, 2.05) is 36.4 Å². The van der Waals surface area contributed by atoms with Crippen LogP contribution in [0.1, 0.15) is 17.0 Å². The summed E-state index contributed by atoms with van der Waals surface area (Å²) in [7, 11) is 0. The summed E-state index contributed by atoms with van der Waals surface area (Å²) in [6, 6.07) is 16.7. The molecule has 0 radical (unpaired) electrons. The number of fused-ring (bicyclic) bond motifs is 1. The fraction of sp³-hybridized carbons (Fsp3) is 0.0870. The molecule has 4 rings (SSSR count). The Balaban J connectivity index is 1.33.